The highest BCUT2D eigenvalue weighted by molar-refractivity contribution is 7.09. The predicted molar refractivity (Wildman–Crippen MR) is 105 cm³/mol. The van der Waals surface area contributed by atoms with Crippen molar-refractivity contribution in [3.63, 3.8) is 0 Å². The van der Waals surface area contributed by atoms with Crippen LogP contribution >= 0.6 is 11.3 Å². The molecule has 0 radical (unpaired) electrons. The van der Waals surface area contributed by atoms with Crippen LogP contribution in [0.2, 0.25) is 0 Å². The molecular formula is C20H18N4O3S. The van der Waals surface area contributed by atoms with E-state index in [1.807, 2.05) is 37.3 Å². The molecule has 0 atom stereocenters. The third-order valence-electron chi connectivity index (χ3n) is 4.31. The molecule has 0 saturated heterocycles. The van der Waals surface area contributed by atoms with Crippen LogP contribution in [0.25, 0.3) is 0 Å². The number of carbonyl (C=O) groups is 2. The van der Waals surface area contributed by atoms with Crippen molar-refractivity contribution < 1.29 is 14.3 Å². The second-order valence-electron chi connectivity index (χ2n) is 6.41. The van der Waals surface area contributed by atoms with Gasteiger partial charge < -0.3 is 10.1 Å². The van der Waals surface area contributed by atoms with Crippen molar-refractivity contribution in [2.24, 2.45) is 0 Å². The molecule has 0 unspecified atom stereocenters. The minimum atomic E-state index is -0.254. The number of anilines is 1. The molecule has 0 spiro atoms. The van der Waals surface area contributed by atoms with Crippen LogP contribution in [0.15, 0.2) is 48.1 Å². The van der Waals surface area contributed by atoms with E-state index < -0.39 is 0 Å². The number of benzene rings is 1. The Hall–Kier alpha value is -3.26. The van der Waals surface area contributed by atoms with E-state index in [-0.39, 0.29) is 18.4 Å². The molecule has 3 heterocycles. The monoisotopic (exact) mass is 394 g/mol. The van der Waals surface area contributed by atoms with Crippen LogP contribution < -0.4 is 15.0 Å². The number of pyridine rings is 1. The molecule has 1 aliphatic rings. The summed E-state index contributed by atoms with van der Waals surface area (Å²) in [5, 5.41) is 5.22. The molecule has 142 valence electrons. The van der Waals surface area contributed by atoms with Crippen molar-refractivity contribution >= 4 is 28.8 Å². The van der Waals surface area contributed by atoms with Gasteiger partial charge in [0, 0.05) is 24.3 Å². The number of fused-ring (bicyclic) bond motifs is 1. The molecule has 0 aliphatic carbocycles. The molecule has 0 fully saturated rings. The quantitative estimate of drug-likeness (QED) is 0.719. The van der Waals surface area contributed by atoms with Gasteiger partial charge in [-0.15, -0.1) is 11.3 Å². The topological polar surface area (TPSA) is 84.4 Å². The molecule has 2 amide bonds. The average Bonchev–Trinajstić information content (AvgIpc) is 3.18. The molecule has 4 rings (SSSR count). The summed E-state index contributed by atoms with van der Waals surface area (Å²) < 4.78 is 5.50. The van der Waals surface area contributed by atoms with Gasteiger partial charge >= 0.3 is 0 Å². The molecule has 1 aliphatic heterocycles. The number of amides is 2. The van der Waals surface area contributed by atoms with Crippen LogP contribution in [-0.2, 0) is 17.9 Å². The Morgan fingerprint density at radius 3 is 3.07 bits per heavy atom. The summed E-state index contributed by atoms with van der Waals surface area (Å²) in [6, 6.07) is 9.44. The van der Waals surface area contributed by atoms with Gasteiger partial charge in [-0.3, -0.25) is 19.5 Å². The van der Waals surface area contributed by atoms with Crippen LogP contribution in [0, 0.1) is 6.92 Å². The lowest BCUT2D eigenvalue weighted by molar-refractivity contribution is -0.121. The first kappa shape index (κ1) is 18.1. The maximum atomic E-state index is 12.4. The van der Waals surface area contributed by atoms with Gasteiger partial charge in [-0.05, 0) is 36.2 Å². The van der Waals surface area contributed by atoms with E-state index in [1.165, 1.54) is 11.3 Å². The normalized spacial score (nSPS) is 13.0. The molecule has 7 nitrogen and oxygen atoms in total. The second-order valence-corrected chi connectivity index (χ2v) is 7.35. The third-order valence-corrected chi connectivity index (χ3v) is 5.14. The number of thiazole rings is 1. The number of carbonyl (C=O) groups excluding carboxylic acids is 2. The van der Waals surface area contributed by atoms with Crippen LogP contribution in [0.5, 0.6) is 5.75 Å². The minimum absolute atomic E-state index is 0.000109. The van der Waals surface area contributed by atoms with Gasteiger partial charge in [0.05, 0.1) is 12.2 Å². The predicted octanol–water partition coefficient (Wildman–Crippen LogP) is 2.70. The number of ether oxygens (including phenoxy) is 1. The molecular weight excluding hydrogens is 376 g/mol. The molecule has 1 N–H and O–H groups in total. The zero-order valence-electron chi connectivity index (χ0n) is 15.2. The molecule has 8 heteroatoms. The van der Waals surface area contributed by atoms with Crippen LogP contribution in [0.3, 0.4) is 0 Å². The lowest BCUT2D eigenvalue weighted by atomic mass is 10.1. The van der Waals surface area contributed by atoms with Gasteiger partial charge in [0.2, 0.25) is 0 Å². The Morgan fingerprint density at radius 2 is 2.25 bits per heavy atom. The van der Waals surface area contributed by atoms with Gasteiger partial charge in [0.25, 0.3) is 11.8 Å². The molecule has 28 heavy (non-hydrogen) atoms. The summed E-state index contributed by atoms with van der Waals surface area (Å²) in [7, 11) is 0. The number of rotatable bonds is 5. The SMILES string of the molecule is Cc1ccc2c(c1)N(Cc1nc(C(=O)NCc3cccnc3)cs1)C(=O)CO2. The summed E-state index contributed by atoms with van der Waals surface area (Å²) >= 11 is 1.36. The summed E-state index contributed by atoms with van der Waals surface area (Å²) in [6.07, 6.45) is 3.39. The summed E-state index contributed by atoms with van der Waals surface area (Å²) in [4.78, 5) is 34.8. The fraction of sp³-hybridized carbons (Fsp3) is 0.200. The van der Waals surface area contributed by atoms with Crippen molar-refractivity contribution in [1.82, 2.24) is 15.3 Å². The van der Waals surface area contributed by atoms with Crippen LogP contribution in [0.4, 0.5) is 5.69 Å². The Balaban J connectivity index is 1.46. The maximum absolute atomic E-state index is 12.4. The number of hydrogen-bond donors (Lipinski definition) is 1. The highest BCUT2D eigenvalue weighted by Gasteiger charge is 2.26. The van der Waals surface area contributed by atoms with Crippen molar-refractivity contribution in [2.45, 2.75) is 20.0 Å². The van der Waals surface area contributed by atoms with E-state index in [9.17, 15) is 9.59 Å². The first-order valence-electron chi connectivity index (χ1n) is 8.75. The van der Waals surface area contributed by atoms with E-state index in [4.69, 9.17) is 4.74 Å². The van der Waals surface area contributed by atoms with Crippen molar-refractivity contribution in [3.05, 3.63) is 69.9 Å². The van der Waals surface area contributed by atoms with E-state index >= 15 is 0 Å². The molecule has 0 bridgehead atoms. The van der Waals surface area contributed by atoms with Crippen LogP contribution in [-0.4, -0.2) is 28.4 Å². The van der Waals surface area contributed by atoms with E-state index in [2.05, 4.69) is 15.3 Å². The van der Waals surface area contributed by atoms with E-state index in [1.54, 1.807) is 22.7 Å². The lowest BCUT2D eigenvalue weighted by Gasteiger charge is -2.29. The Bertz CT molecular complexity index is 1020. The second kappa shape index (κ2) is 7.77. The largest absolute Gasteiger partial charge is 0.482 e. The Labute approximate surface area is 166 Å². The number of nitrogens with one attached hydrogen (secondary N) is 1. The number of aromatic nitrogens is 2. The first-order valence-corrected chi connectivity index (χ1v) is 9.63. The summed E-state index contributed by atoms with van der Waals surface area (Å²) in [6.45, 7) is 2.65. The Morgan fingerprint density at radius 1 is 1.36 bits per heavy atom. The van der Waals surface area contributed by atoms with Gasteiger partial charge in [-0.1, -0.05) is 12.1 Å². The van der Waals surface area contributed by atoms with Gasteiger partial charge in [-0.25, -0.2) is 4.98 Å². The van der Waals surface area contributed by atoms with Crippen LogP contribution in [0.1, 0.15) is 26.6 Å². The first-order chi connectivity index (χ1) is 13.6. The standard InChI is InChI=1S/C20H18N4O3S/c1-13-4-5-17-16(7-13)24(19(25)11-27-17)10-18-23-15(12-28-18)20(26)22-9-14-3-2-6-21-8-14/h2-8,12H,9-11H2,1H3,(H,22,26). The smallest absolute Gasteiger partial charge is 0.271 e. The molecule has 1 aromatic carbocycles. The number of aryl methyl sites for hydroxylation is 1. The molecule has 3 aromatic rings. The van der Waals surface area contributed by atoms with E-state index in [0.29, 0.717) is 29.5 Å². The van der Waals surface area contributed by atoms with Gasteiger partial charge in [0.1, 0.15) is 16.5 Å². The highest BCUT2D eigenvalue weighted by Crippen LogP contribution is 2.34. The van der Waals surface area contributed by atoms with Crippen molar-refractivity contribution in [3.8, 4) is 5.75 Å². The van der Waals surface area contributed by atoms with Gasteiger partial charge in [-0.2, -0.15) is 0 Å². The van der Waals surface area contributed by atoms with Crippen molar-refractivity contribution in [2.75, 3.05) is 11.5 Å². The lowest BCUT2D eigenvalue weighted by Crippen LogP contribution is -2.38. The third kappa shape index (κ3) is 3.86. The van der Waals surface area contributed by atoms with Gasteiger partial charge in [0.15, 0.2) is 6.61 Å². The fourth-order valence-corrected chi connectivity index (χ4v) is 3.65. The zero-order valence-corrected chi connectivity index (χ0v) is 16.0. The maximum Gasteiger partial charge on any atom is 0.271 e. The van der Waals surface area contributed by atoms with Crippen molar-refractivity contribution in [1.29, 1.82) is 0 Å². The van der Waals surface area contributed by atoms with E-state index in [0.717, 1.165) is 16.8 Å². The summed E-state index contributed by atoms with van der Waals surface area (Å²) in [5.74, 6) is 0.294. The average molecular weight is 394 g/mol. The zero-order chi connectivity index (χ0) is 19.5. The summed E-state index contributed by atoms with van der Waals surface area (Å²) in [5.41, 5.74) is 3.02. The molecule has 2 aromatic heterocycles. The minimum Gasteiger partial charge on any atom is -0.482 e. The number of hydrogen-bond acceptors (Lipinski definition) is 6. The Kier molecular flexibility index (Phi) is 5.03. The highest BCUT2D eigenvalue weighted by atomic mass is 32.1. The molecule has 0 saturated carbocycles. The fourth-order valence-electron chi connectivity index (χ4n) is 2.88. The number of nitrogens with zero attached hydrogens (tertiary/aromatic N) is 3.